The van der Waals surface area contributed by atoms with Crippen molar-refractivity contribution < 1.29 is 0 Å². The molecule has 25 heavy (non-hydrogen) atoms. The Morgan fingerprint density at radius 1 is 1.32 bits per heavy atom. The molecule has 0 unspecified atom stereocenters. The van der Waals surface area contributed by atoms with Crippen molar-refractivity contribution in [2.75, 3.05) is 0 Å². The van der Waals surface area contributed by atoms with Gasteiger partial charge in [0.1, 0.15) is 11.2 Å². The highest BCUT2D eigenvalue weighted by Gasteiger charge is 2.24. The Hall–Kier alpha value is -2.28. The number of nitrogens with zero attached hydrogens (tertiary/aromatic N) is 6. The van der Waals surface area contributed by atoms with Crippen molar-refractivity contribution in [1.29, 1.82) is 0 Å². The summed E-state index contributed by atoms with van der Waals surface area (Å²) in [5, 5.41) is 10.2. The molecule has 1 atom stereocenters. The van der Waals surface area contributed by atoms with Crippen molar-refractivity contribution in [3.63, 3.8) is 0 Å². The maximum absolute atomic E-state index is 4.84. The van der Waals surface area contributed by atoms with E-state index in [1.54, 1.807) is 6.33 Å². The van der Waals surface area contributed by atoms with Crippen LogP contribution < -0.4 is 0 Å². The quantitative estimate of drug-likeness (QED) is 0.563. The van der Waals surface area contributed by atoms with Crippen LogP contribution in [0.3, 0.4) is 0 Å². The van der Waals surface area contributed by atoms with Gasteiger partial charge in [-0.25, -0.2) is 14.5 Å². The van der Waals surface area contributed by atoms with E-state index in [1.807, 2.05) is 32.9 Å². The SMILES string of the molecule is CC[C@H]1CCc2c(sc3ncn4nc(-c5cnn(CC)c5)nc4c23)C1. The van der Waals surface area contributed by atoms with E-state index < -0.39 is 0 Å². The van der Waals surface area contributed by atoms with Crippen LogP contribution in [0.2, 0.25) is 0 Å². The molecular formula is C18H20N6S. The average Bonchev–Trinajstić information content (AvgIpc) is 3.35. The van der Waals surface area contributed by atoms with Gasteiger partial charge < -0.3 is 0 Å². The first kappa shape index (κ1) is 15.0. The molecule has 4 aromatic rings. The van der Waals surface area contributed by atoms with Crippen molar-refractivity contribution in [2.45, 2.75) is 46.1 Å². The molecule has 0 fully saturated rings. The van der Waals surface area contributed by atoms with E-state index in [2.05, 4.69) is 29.0 Å². The minimum atomic E-state index is 0.719. The molecule has 6 nitrogen and oxygen atoms in total. The topological polar surface area (TPSA) is 60.9 Å². The minimum absolute atomic E-state index is 0.719. The van der Waals surface area contributed by atoms with Crippen LogP contribution in [0.15, 0.2) is 18.7 Å². The van der Waals surface area contributed by atoms with E-state index in [0.29, 0.717) is 0 Å². The molecule has 4 heterocycles. The molecule has 1 aliphatic rings. The fraction of sp³-hybridized carbons (Fsp3) is 0.444. The smallest absolute Gasteiger partial charge is 0.185 e. The summed E-state index contributed by atoms with van der Waals surface area (Å²) < 4.78 is 3.71. The summed E-state index contributed by atoms with van der Waals surface area (Å²) in [5.74, 6) is 1.53. The first-order valence-corrected chi connectivity index (χ1v) is 9.77. The molecule has 5 rings (SSSR count). The monoisotopic (exact) mass is 352 g/mol. The lowest BCUT2D eigenvalue weighted by Crippen LogP contribution is -2.11. The molecule has 0 aliphatic heterocycles. The molecule has 128 valence electrons. The Kier molecular flexibility index (Phi) is 3.38. The lowest BCUT2D eigenvalue weighted by Gasteiger charge is -2.20. The summed E-state index contributed by atoms with van der Waals surface area (Å²) in [6, 6.07) is 0. The van der Waals surface area contributed by atoms with Crippen LogP contribution in [-0.4, -0.2) is 29.4 Å². The van der Waals surface area contributed by atoms with E-state index in [4.69, 9.17) is 4.98 Å². The number of aromatic nitrogens is 6. The van der Waals surface area contributed by atoms with Gasteiger partial charge in [-0.2, -0.15) is 5.10 Å². The summed E-state index contributed by atoms with van der Waals surface area (Å²) in [6.07, 6.45) is 10.5. The Morgan fingerprint density at radius 2 is 2.24 bits per heavy atom. The van der Waals surface area contributed by atoms with Gasteiger partial charge in [0, 0.05) is 17.6 Å². The molecule has 0 saturated carbocycles. The van der Waals surface area contributed by atoms with Crippen molar-refractivity contribution in [3.8, 4) is 11.4 Å². The number of fused-ring (bicyclic) bond motifs is 5. The van der Waals surface area contributed by atoms with E-state index in [0.717, 1.165) is 40.7 Å². The molecule has 0 bridgehead atoms. The lowest BCUT2D eigenvalue weighted by atomic mass is 9.86. The standard InChI is InChI=1S/C18H20N6S/c1-3-11-5-6-13-14(7-11)25-18-15(13)17-21-16(22-24(17)10-19-18)12-8-20-23(4-2)9-12/h8-11H,3-7H2,1-2H3/t11-/m0/s1. The van der Waals surface area contributed by atoms with Crippen molar-refractivity contribution in [2.24, 2.45) is 5.92 Å². The molecule has 7 heteroatoms. The van der Waals surface area contributed by atoms with E-state index in [9.17, 15) is 0 Å². The van der Waals surface area contributed by atoms with Crippen molar-refractivity contribution in [1.82, 2.24) is 29.4 Å². The fourth-order valence-electron chi connectivity index (χ4n) is 3.77. The van der Waals surface area contributed by atoms with Gasteiger partial charge in [0.25, 0.3) is 0 Å². The fourth-order valence-corrected chi connectivity index (χ4v) is 5.06. The summed E-state index contributed by atoms with van der Waals surface area (Å²) in [4.78, 5) is 12.1. The number of rotatable bonds is 3. The zero-order valence-corrected chi connectivity index (χ0v) is 15.3. The second kappa shape index (κ2) is 5.62. The van der Waals surface area contributed by atoms with Crippen molar-refractivity contribution >= 4 is 27.2 Å². The van der Waals surface area contributed by atoms with E-state index >= 15 is 0 Å². The summed E-state index contributed by atoms with van der Waals surface area (Å²) >= 11 is 1.84. The molecule has 4 aromatic heterocycles. The Balaban J connectivity index is 1.68. The van der Waals surface area contributed by atoms with E-state index in [-0.39, 0.29) is 0 Å². The zero-order valence-electron chi connectivity index (χ0n) is 14.4. The Bertz CT molecular complexity index is 1070. The van der Waals surface area contributed by atoms with Gasteiger partial charge >= 0.3 is 0 Å². The predicted molar refractivity (Wildman–Crippen MR) is 98.9 cm³/mol. The summed E-state index contributed by atoms with van der Waals surface area (Å²) in [7, 11) is 0. The summed E-state index contributed by atoms with van der Waals surface area (Å²) in [6.45, 7) is 5.21. The highest BCUT2D eigenvalue weighted by atomic mass is 32.1. The maximum atomic E-state index is 4.84. The molecule has 0 amide bonds. The van der Waals surface area contributed by atoms with Gasteiger partial charge in [0.2, 0.25) is 0 Å². The zero-order chi connectivity index (χ0) is 17.0. The molecule has 0 saturated heterocycles. The largest absolute Gasteiger partial charge is 0.272 e. The molecule has 1 aliphatic carbocycles. The van der Waals surface area contributed by atoms with Gasteiger partial charge in [-0.15, -0.1) is 16.4 Å². The third-order valence-corrected chi connectivity index (χ3v) is 6.44. The molecular weight excluding hydrogens is 332 g/mol. The van der Waals surface area contributed by atoms with Crippen LogP contribution in [0, 0.1) is 5.92 Å². The highest BCUT2D eigenvalue weighted by Crippen LogP contribution is 2.39. The third kappa shape index (κ3) is 2.29. The third-order valence-electron chi connectivity index (χ3n) is 5.28. The number of hydrogen-bond acceptors (Lipinski definition) is 5. The Labute approximate surface area is 149 Å². The lowest BCUT2D eigenvalue weighted by molar-refractivity contribution is 0.451. The highest BCUT2D eigenvalue weighted by molar-refractivity contribution is 7.19. The van der Waals surface area contributed by atoms with Crippen LogP contribution in [0.5, 0.6) is 0 Å². The van der Waals surface area contributed by atoms with Crippen LogP contribution in [0.1, 0.15) is 37.1 Å². The molecule has 0 spiro atoms. The molecule has 0 N–H and O–H groups in total. The number of aryl methyl sites for hydroxylation is 2. The van der Waals surface area contributed by atoms with Gasteiger partial charge in [-0.05, 0) is 37.7 Å². The predicted octanol–water partition coefficient (Wildman–Crippen LogP) is 3.74. The molecule has 0 radical (unpaired) electrons. The maximum Gasteiger partial charge on any atom is 0.185 e. The first-order valence-electron chi connectivity index (χ1n) is 8.95. The first-order chi connectivity index (χ1) is 12.3. The normalized spacial score (nSPS) is 17.4. The van der Waals surface area contributed by atoms with Crippen LogP contribution in [-0.2, 0) is 19.4 Å². The van der Waals surface area contributed by atoms with Gasteiger partial charge in [0.15, 0.2) is 11.5 Å². The van der Waals surface area contributed by atoms with Crippen molar-refractivity contribution in [3.05, 3.63) is 29.2 Å². The van der Waals surface area contributed by atoms with Gasteiger partial charge in [0.05, 0.1) is 17.1 Å². The van der Waals surface area contributed by atoms with Crippen LogP contribution in [0.4, 0.5) is 0 Å². The Morgan fingerprint density at radius 3 is 3.04 bits per heavy atom. The van der Waals surface area contributed by atoms with Gasteiger partial charge in [-0.3, -0.25) is 4.68 Å². The minimum Gasteiger partial charge on any atom is -0.272 e. The van der Waals surface area contributed by atoms with E-state index in [1.165, 1.54) is 35.1 Å². The van der Waals surface area contributed by atoms with Crippen LogP contribution >= 0.6 is 11.3 Å². The second-order valence-electron chi connectivity index (χ2n) is 6.73. The van der Waals surface area contributed by atoms with Gasteiger partial charge in [-0.1, -0.05) is 13.3 Å². The summed E-state index contributed by atoms with van der Waals surface area (Å²) in [5.41, 5.74) is 3.33. The number of hydrogen-bond donors (Lipinski definition) is 0. The van der Waals surface area contributed by atoms with Crippen LogP contribution in [0.25, 0.3) is 27.3 Å². The average molecular weight is 352 g/mol. The molecule has 0 aromatic carbocycles. The number of thiophene rings is 1. The second-order valence-corrected chi connectivity index (χ2v) is 7.82.